The predicted octanol–water partition coefficient (Wildman–Crippen LogP) is 2.21. The fourth-order valence-corrected chi connectivity index (χ4v) is 4.67. The molecule has 1 aromatic rings. The third-order valence-electron chi connectivity index (χ3n) is 3.39. The number of benzene rings is 1. The quantitative estimate of drug-likeness (QED) is 0.928. The van der Waals surface area contributed by atoms with Crippen LogP contribution < -0.4 is 0 Å². The van der Waals surface area contributed by atoms with Gasteiger partial charge in [-0.1, -0.05) is 30.2 Å². The lowest BCUT2D eigenvalue weighted by molar-refractivity contribution is 0.162. The Kier molecular flexibility index (Phi) is 4.30. The molecule has 1 N–H and O–H groups in total. The molecule has 1 heterocycles. The van der Waals surface area contributed by atoms with Gasteiger partial charge in [0.15, 0.2) is 9.84 Å². The smallest absolute Gasteiger partial charge is 0.155 e. The third-order valence-corrected chi connectivity index (χ3v) is 5.96. The van der Waals surface area contributed by atoms with Gasteiger partial charge in [-0.2, -0.15) is 0 Å². The summed E-state index contributed by atoms with van der Waals surface area (Å²) in [6, 6.07) is 7.18. The van der Waals surface area contributed by atoms with Gasteiger partial charge in [0.05, 0.1) is 17.1 Å². The molecule has 0 aliphatic carbocycles. The second kappa shape index (κ2) is 5.59. The van der Waals surface area contributed by atoms with E-state index in [1.54, 1.807) is 18.2 Å². The van der Waals surface area contributed by atoms with Gasteiger partial charge in [0, 0.05) is 5.02 Å². The van der Waals surface area contributed by atoms with Gasteiger partial charge >= 0.3 is 0 Å². The summed E-state index contributed by atoms with van der Waals surface area (Å²) < 4.78 is 23.8. The normalized spacial score (nSPS) is 24.7. The molecule has 18 heavy (non-hydrogen) atoms. The molecule has 2 rings (SSSR count). The Morgan fingerprint density at radius 2 is 2.17 bits per heavy atom. The first-order valence-corrected chi connectivity index (χ1v) is 8.22. The number of halogens is 1. The van der Waals surface area contributed by atoms with Crippen LogP contribution in [0.25, 0.3) is 0 Å². The molecule has 0 aromatic heterocycles. The van der Waals surface area contributed by atoms with Crippen LogP contribution in [0, 0.1) is 0 Å². The lowest BCUT2D eigenvalue weighted by Crippen LogP contribution is -2.39. The van der Waals surface area contributed by atoms with Crippen LogP contribution in [0.5, 0.6) is 0 Å². The zero-order chi connectivity index (χ0) is 13.2. The molecular formula is C13H17ClO3S. The van der Waals surface area contributed by atoms with E-state index in [-0.39, 0.29) is 5.75 Å². The molecule has 1 saturated heterocycles. The minimum atomic E-state index is -3.14. The molecule has 3 nitrogen and oxygen atoms in total. The lowest BCUT2D eigenvalue weighted by atomic mass is 10.0. The third kappa shape index (κ3) is 3.25. The van der Waals surface area contributed by atoms with E-state index in [1.807, 2.05) is 6.07 Å². The molecule has 1 aromatic carbocycles. The van der Waals surface area contributed by atoms with E-state index in [2.05, 4.69) is 0 Å². The summed E-state index contributed by atoms with van der Waals surface area (Å²) in [5.41, 5.74) is 0.871. The number of rotatable bonds is 3. The highest BCUT2D eigenvalue weighted by atomic mass is 35.5. The fourth-order valence-electron chi connectivity index (χ4n) is 2.45. The van der Waals surface area contributed by atoms with Crippen LogP contribution in [0.15, 0.2) is 24.3 Å². The minimum Gasteiger partial charge on any atom is -0.391 e. The monoisotopic (exact) mass is 288 g/mol. The van der Waals surface area contributed by atoms with Crippen molar-refractivity contribution in [3.63, 3.8) is 0 Å². The number of aliphatic hydroxyl groups is 1. The lowest BCUT2D eigenvalue weighted by Gasteiger charge is -2.26. The molecule has 2 unspecified atom stereocenters. The molecule has 5 heteroatoms. The van der Waals surface area contributed by atoms with Crippen molar-refractivity contribution in [1.82, 2.24) is 0 Å². The van der Waals surface area contributed by atoms with Gasteiger partial charge in [0.1, 0.15) is 0 Å². The molecule has 1 aliphatic rings. The van der Waals surface area contributed by atoms with Gasteiger partial charge in [-0.15, -0.1) is 0 Å². The molecule has 100 valence electrons. The maximum atomic E-state index is 11.9. The van der Waals surface area contributed by atoms with Gasteiger partial charge in [-0.25, -0.2) is 8.42 Å². The zero-order valence-electron chi connectivity index (χ0n) is 10.0. The highest BCUT2D eigenvalue weighted by Crippen LogP contribution is 2.24. The van der Waals surface area contributed by atoms with Gasteiger partial charge in [-0.05, 0) is 37.0 Å². The Bertz CT molecular complexity index is 513. The van der Waals surface area contributed by atoms with Crippen molar-refractivity contribution in [1.29, 1.82) is 0 Å². The molecule has 2 atom stereocenters. The van der Waals surface area contributed by atoms with Crippen LogP contribution in [-0.2, 0) is 16.3 Å². The Morgan fingerprint density at radius 1 is 1.39 bits per heavy atom. The summed E-state index contributed by atoms with van der Waals surface area (Å²) in [5.74, 6) is 0.199. The molecular weight excluding hydrogens is 272 g/mol. The van der Waals surface area contributed by atoms with E-state index in [9.17, 15) is 13.5 Å². The summed E-state index contributed by atoms with van der Waals surface area (Å²) in [4.78, 5) is 0. The van der Waals surface area contributed by atoms with E-state index >= 15 is 0 Å². The maximum Gasteiger partial charge on any atom is 0.155 e. The van der Waals surface area contributed by atoms with E-state index < -0.39 is 21.2 Å². The summed E-state index contributed by atoms with van der Waals surface area (Å²) in [5, 5.41) is 10.1. The van der Waals surface area contributed by atoms with E-state index in [1.165, 1.54) is 0 Å². The Balaban J connectivity index is 2.09. The van der Waals surface area contributed by atoms with Crippen molar-refractivity contribution in [2.24, 2.45) is 0 Å². The van der Waals surface area contributed by atoms with Crippen molar-refractivity contribution >= 4 is 21.4 Å². The van der Waals surface area contributed by atoms with Crippen molar-refractivity contribution < 1.29 is 13.5 Å². The molecule has 1 fully saturated rings. The second-order valence-electron chi connectivity index (χ2n) is 4.80. The molecule has 1 aliphatic heterocycles. The highest BCUT2D eigenvalue weighted by Gasteiger charge is 2.34. The molecule has 0 amide bonds. The van der Waals surface area contributed by atoms with Crippen LogP contribution in [0.4, 0.5) is 0 Å². The van der Waals surface area contributed by atoms with Gasteiger partial charge in [0.25, 0.3) is 0 Å². The van der Waals surface area contributed by atoms with Crippen LogP contribution in [0.1, 0.15) is 24.8 Å². The summed E-state index contributed by atoms with van der Waals surface area (Å²) in [7, 11) is -3.14. The Hall–Kier alpha value is -0.580. The number of hydrogen-bond acceptors (Lipinski definition) is 3. The summed E-state index contributed by atoms with van der Waals surface area (Å²) in [6.45, 7) is 0. The van der Waals surface area contributed by atoms with Crippen LogP contribution in [0.3, 0.4) is 0 Å². The van der Waals surface area contributed by atoms with E-state index in [0.717, 1.165) is 12.0 Å². The largest absolute Gasteiger partial charge is 0.391 e. The van der Waals surface area contributed by atoms with Crippen LogP contribution in [0.2, 0.25) is 5.02 Å². The minimum absolute atomic E-state index is 0.199. The first-order valence-electron chi connectivity index (χ1n) is 6.13. The fraction of sp³-hybridized carbons (Fsp3) is 0.538. The van der Waals surface area contributed by atoms with Crippen molar-refractivity contribution in [2.75, 3.05) is 5.75 Å². The Labute approximate surface area is 113 Å². The molecule has 0 bridgehead atoms. The average molecular weight is 289 g/mol. The van der Waals surface area contributed by atoms with Crippen LogP contribution in [-0.4, -0.2) is 30.6 Å². The zero-order valence-corrected chi connectivity index (χ0v) is 11.6. The number of aliphatic hydroxyl groups excluding tert-OH is 1. The molecule has 0 saturated carbocycles. The second-order valence-corrected chi connectivity index (χ2v) is 7.58. The SMILES string of the molecule is O=S1(=O)CCCCC1C(O)Cc1cccc(Cl)c1. The van der Waals surface area contributed by atoms with Gasteiger partial charge in [0.2, 0.25) is 0 Å². The molecule has 0 radical (unpaired) electrons. The van der Waals surface area contributed by atoms with Gasteiger partial charge < -0.3 is 5.11 Å². The van der Waals surface area contributed by atoms with Crippen LogP contribution >= 0.6 is 11.6 Å². The number of hydrogen-bond donors (Lipinski definition) is 1. The first kappa shape index (κ1) is 13.8. The maximum absolute atomic E-state index is 11.9. The van der Waals surface area contributed by atoms with Crippen molar-refractivity contribution in [3.05, 3.63) is 34.9 Å². The topological polar surface area (TPSA) is 54.4 Å². The molecule has 0 spiro atoms. The highest BCUT2D eigenvalue weighted by molar-refractivity contribution is 7.92. The van der Waals surface area contributed by atoms with E-state index in [4.69, 9.17) is 11.6 Å². The first-order chi connectivity index (χ1) is 8.49. The predicted molar refractivity (Wildman–Crippen MR) is 72.6 cm³/mol. The Morgan fingerprint density at radius 3 is 2.83 bits per heavy atom. The van der Waals surface area contributed by atoms with Crippen molar-refractivity contribution in [3.8, 4) is 0 Å². The average Bonchev–Trinajstić information content (AvgIpc) is 2.28. The van der Waals surface area contributed by atoms with E-state index in [0.29, 0.717) is 24.3 Å². The standard InChI is InChI=1S/C13H17ClO3S/c14-11-5-3-4-10(8-11)9-12(15)13-6-1-2-7-18(13,16)17/h3-5,8,12-13,15H,1-2,6-7,9H2. The summed E-state index contributed by atoms with van der Waals surface area (Å²) >= 11 is 5.87. The summed E-state index contributed by atoms with van der Waals surface area (Å²) in [6.07, 6.45) is 1.64. The van der Waals surface area contributed by atoms with Gasteiger partial charge in [-0.3, -0.25) is 0 Å². The van der Waals surface area contributed by atoms with Crippen molar-refractivity contribution in [2.45, 2.75) is 37.0 Å². The number of sulfone groups is 1.